The Balaban J connectivity index is 2.03. The van der Waals surface area contributed by atoms with Gasteiger partial charge < -0.3 is 9.47 Å². The van der Waals surface area contributed by atoms with Crippen LogP contribution in [0.4, 0.5) is 0 Å². The highest BCUT2D eigenvalue weighted by atomic mass is 16.5. The van der Waals surface area contributed by atoms with E-state index < -0.39 is 17.4 Å². The molecular formula is C16H24O4. The van der Waals surface area contributed by atoms with Crippen molar-refractivity contribution in [2.45, 2.75) is 45.4 Å². The average Bonchev–Trinajstić information content (AvgIpc) is 2.43. The third-order valence-electron chi connectivity index (χ3n) is 6.29. The summed E-state index contributed by atoms with van der Waals surface area (Å²) in [4.78, 5) is 24.9. The molecule has 0 atom stereocenters. The summed E-state index contributed by atoms with van der Waals surface area (Å²) in [5, 5.41) is 0. The predicted octanol–water partition coefficient (Wildman–Crippen LogP) is 2.56. The van der Waals surface area contributed by atoms with Gasteiger partial charge in [0.15, 0.2) is 5.41 Å². The molecule has 0 aromatic carbocycles. The molecule has 4 saturated carbocycles. The molecule has 4 nitrogen and oxygen atoms in total. The summed E-state index contributed by atoms with van der Waals surface area (Å²) in [6.45, 7) is 1.75. The number of carbonyl (C=O) groups excluding carboxylic acids is 2. The molecule has 0 amide bonds. The van der Waals surface area contributed by atoms with E-state index in [0.717, 1.165) is 19.3 Å². The molecule has 4 rings (SSSR count). The Morgan fingerprint density at radius 2 is 1.25 bits per heavy atom. The van der Waals surface area contributed by atoms with Crippen LogP contribution in [-0.4, -0.2) is 26.2 Å². The maximum absolute atomic E-state index is 12.4. The Labute approximate surface area is 120 Å². The predicted molar refractivity (Wildman–Crippen MR) is 72.7 cm³/mol. The molecular weight excluding hydrogens is 256 g/mol. The van der Waals surface area contributed by atoms with Crippen LogP contribution in [0.2, 0.25) is 0 Å². The van der Waals surface area contributed by atoms with Gasteiger partial charge >= 0.3 is 11.9 Å². The third kappa shape index (κ3) is 1.66. The van der Waals surface area contributed by atoms with Crippen LogP contribution in [0, 0.1) is 28.6 Å². The van der Waals surface area contributed by atoms with Gasteiger partial charge in [-0.3, -0.25) is 9.59 Å². The van der Waals surface area contributed by atoms with Crippen LogP contribution in [0.3, 0.4) is 0 Å². The van der Waals surface area contributed by atoms with E-state index in [1.165, 1.54) is 33.5 Å². The highest BCUT2D eigenvalue weighted by Crippen LogP contribution is 2.66. The first-order chi connectivity index (χ1) is 9.45. The van der Waals surface area contributed by atoms with Gasteiger partial charge in [0, 0.05) is 0 Å². The lowest BCUT2D eigenvalue weighted by atomic mass is 9.43. The average molecular weight is 280 g/mol. The normalized spacial score (nSPS) is 38.6. The molecule has 20 heavy (non-hydrogen) atoms. The van der Waals surface area contributed by atoms with E-state index in [0.29, 0.717) is 17.8 Å². The maximum atomic E-state index is 12.4. The molecule has 0 spiro atoms. The van der Waals surface area contributed by atoms with Crippen molar-refractivity contribution in [1.29, 1.82) is 0 Å². The number of esters is 2. The molecule has 4 fully saturated rings. The molecule has 4 aliphatic rings. The first kappa shape index (κ1) is 13.9. The molecule has 0 unspecified atom stereocenters. The van der Waals surface area contributed by atoms with E-state index in [1.807, 2.05) is 0 Å². The monoisotopic (exact) mass is 280 g/mol. The summed E-state index contributed by atoms with van der Waals surface area (Å²) >= 11 is 0. The summed E-state index contributed by atoms with van der Waals surface area (Å²) in [7, 11) is 2.73. The van der Waals surface area contributed by atoms with Crippen LogP contribution in [0.5, 0.6) is 0 Å². The fourth-order valence-electron chi connectivity index (χ4n) is 5.65. The topological polar surface area (TPSA) is 52.6 Å². The zero-order chi connectivity index (χ0) is 14.5. The molecule has 112 valence electrons. The van der Waals surface area contributed by atoms with Gasteiger partial charge in [0.2, 0.25) is 0 Å². The second-order valence-electron chi connectivity index (χ2n) is 7.31. The lowest BCUT2D eigenvalue weighted by Gasteiger charge is -2.60. The molecule has 0 N–H and O–H groups in total. The molecule has 0 aromatic rings. The van der Waals surface area contributed by atoms with Gasteiger partial charge in [-0.1, -0.05) is 0 Å². The first-order valence-corrected chi connectivity index (χ1v) is 7.62. The van der Waals surface area contributed by atoms with E-state index >= 15 is 0 Å². The van der Waals surface area contributed by atoms with Gasteiger partial charge in [-0.05, 0) is 68.6 Å². The van der Waals surface area contributed by atoms with Crippen LogP contribution in [0.25, 0.3) is 0 Å². The number of hydrogen-bond acceptors (Lipinski definition) is 4. The van der Waals surface area contributed by atoms with E-state index in [4.69, 9.17) is 9.47 Å². The minimum Gasteiger partial charge on any atom is -0.468 e. The number of ether oxygens (including phenoxy) is 2. The summed E-state index contributed by atoms with van der Waals surface area (Å²) < 4.78 is 9.98. The van der Waals surface area contributed by atoms with Crippen molar-refractivity contribution >= 4 is 11.9 Å². The zero-order valence-electron chi connectivity index (χ0n) is 12.6. The highest BCUT2D eigenvalue weighted by molar-refractivity contribution is 6.00. The van der Waals surface area contributed by atoms with Crippen molar-refractivity contribution in [3.05, 3.63) is 0 Å². The van der Waals surface area contributed by atoms with Gasteiger partial charge in [-0.25, -0.2) is 0 Å². The molecule has 4 bridgehead atoms. The quantitative estimate of drug-likeness (QED) is 0.589. The smallest absolute Gasteiger partial charge is 0.323 e. The summed E-state index contributed by atoms with van der Waals surface area (Å²) in [5.41, 5.74) is -1.39. The van der Waals surface area contributed by atoms with Crippen LogP contribution in [0.15, 0.2) is 0 Å². The van der Waals surface area contributed by atoms with Crippen LogP contribution < -0.4 is 0 Å². The van der Waals surface area contributed by atoms with E-state index in [-0.39, 0.29) is 5.41 Å². The molecule has 0 radical (unpaired) electrons. The Hall–Kier alpha value is -1.06. The van der Waals surface area contributed by atoms with Crippen molar-refractivity contribution in [2.24, 2.45) is 28.6 Å². The van der Waals surface area contributed by atoms with Crippen molar-refractivity contribution in [2.75, 3.05) is 14.2 Å². The fraction of sp³-hybridized carbons (Fsp3) is 0.875. The van der Waals surface area contributed by atoms with Gasteiger partial charge in [-0.15, -0.1) is 0 Å². The van der Waals surface area contributed by atoms with Crippen molar-refractivity contribution in [3.63, 3.8) is 0 Å². The standard InChI is InChI=1S/C16H24O4/c1-15(13(17)19-2,14(18)20-3)16-7-10-4-11(8-16)6-12(5-10)9-16/h10-12H,4-9H2,1-3H3. The Kier molecular flexibility index (Phi) is 3.11. The highest BCUT2D eigenvalue weighted by Gasteiger charge is 2.65. The van der Waals surface area contributed by atoms with Gasteiger partial charge in [0.05, 0.1) is 14.2 Å². The molecule has 0 aliphatic heterocycles. The van der Waals surface area contributed by atoms with Crippen molar-refractivity contribution in [1.82, 2.24) is 0 Å². The lowest BCUT2D eigenvalue weighted by Crippen LogP contribution is -2.60. The van der Waals surface area contributed by atoms with Crippen LogP contribution >= 0.6 is 0 Å². The van der Waals surface area contributed by atoms with Crippen molar-refractivity contribution in [3.8, 4) is 0 Å². The van der Waals surface area contributed by atoms with E-state index in [9.17, 15) is 9.59 Å². The van der Waals surface area contributed by atoms with E-state index in [2.05, 4.69) is 0 Å². The van der Waals surface area contributed by atoms with E-state index in [1.54, 1.807) is 6.92 Å². The Morgan fingerprint density at radius 1 is 0.900 bits per heavy atom. The summed E-state index contributed by atoms with van der Waals surface area (Å²) in [5.74, 6) is 1.18. The SMILES string of the molecule is COC(=O)C(C)(C(=O)OC)C12CC3CC(CC(C3)C1)C2. The van der Waals surface area contributed by atoms with Gasteiger partial charge in [0.25, 0.3) is 0 Å². The van der Waals surface area contributed by atoms with Gasteiger partial charge in [0.1, 0.15) is 0 Å². The second-order valence-corrected chi connectivity index (χ2v) is 7.31. The zero-order valence-corrected chi connectivity index (χ0v) is 12.6. The van der Waals surface area contributed by atoms with Crippen LogP contribution in [0.1, 0.15) is 45.4 Å². The molecule has 0 heterocycles. The molecule has 0 saturated heterocycles. The van der Waals surface area contributed by atoms with Crippen LogP contribution in [-0.2, 0) is 19.1 Å². The maximum Gasteiger partial charge on any atom is 0.323 e. The fourth-order valence-corrected chi connectivity index (χ4v) is 5.65. The summed E-state index contributed by atoms with van der Waals surface area (Å²) in [6, 6.07) is 0. The summed E-state index contributed by atoms with van der Waals surface area (Å²) in [6.07, 6.45) is 6.74. The molecule has 4 heteroatoms. The minimum absolute atomic E-state index is 0.248. The number of rotatable bonds is 3. The number of hydrogen-bond donors (Lipinski definition) is 0. The lowest BCUT2D eigenvalue weighted by molar-refractivity contribution is -0.195. The third-order valence-corrected chi connectivity index (χ3v) is 6.29. The van der Waals surface area contributed by atoms with Gasteiger partial charge in [-0.2, -0.15) is 0 Å². The largest absolute Gasteiger partial charge is 0.468 e. The molecule has 0 aromatic heterocycles. The second kappa shape index (κ2) is 4.47. The minimum atomic E-state index is -1.15. The Morgan fingerprint density at radius 3 is 1.55 bits per heavy atom. The number of carbonyl (C=O) groups is 2. The first-order valence-electron chi connectivity index (χ1n) is 7.62. The Bertz CT molecular complexity index is 388. The molecule has 4 aliphatic carbocycles. The number of methoxy groups -OCH3 is 2. The van der Waals surface area contributed by atoms with Crippen molar-refractivity contribution < 1.29 is 19.1 Å².